The van der Waals surface area contributed by atoms with Crippen LogP contribution < -0.4 is 10.2 Å². The zero-order valence-electron chi connectivity index (χ0n) is 11.8. The number of halogens is 1. The first-order valence-corrected chi connectivity index (χ1v) is 8.02. The van der Waals surface area contributed by atoms with E-state index in [4.69, 9.17) is 11.6 Å². The fourth-order valence-corrected chi connectivity index (χ4v) is 3.77. The van der Waals surface area contributed by atoms with Crippen LogP contribution in [0, 0.1) is 5.92 Å². The molecule has 2 saturated heterocycles. The van der Waals surface area contributed by atoms with E-state index < -0.39 is 0 Å². The summed E-state index contributed by atoms with van der Waals surface area (Å²) < 4.78 is 0. The quantitative estimate of drug-likeness (QED) is 0.895. The van der Waals surface area contributed by atoms with E-state index in [1.54, 1.807) is 0 Å². The predicted molar refractivity (Wildman–Crippen MR) is 83.6 cm³/mol. The van der Waals surface area contributed by atoms with Gasteiger partial charge in [-0.2, -0.15) is 0 Å². The lowest BCUT2D eigenvalue weighted by Gasteiger charge is -2.24. The highest BCUT2D eigenvalue weighted by Crippen LogP contribution is 2.34. The summed E-state index contributed by atoms with van der Waals surface area (Å²) in [5.74, 6) is 0.392. The fraction of sp³-hybridized carbons (Fsp3) is 0.625. The van der Waals surface area contributed by atoms with Crippen LogP contribution in [0.25, 0.3) is 0 Å². The summed E-state index contributed by atoms with van der Waals surface area (Å²) in [6.45, 7) is 3.34. The number of rotatable bonds is 4. The molecule has 3 nitrogen and oxygen atoms in total. The Bertz CT molecular complexity index is 460. The van der Waals surface area contributed by atoms with E-state index in [1.807, 2.05) is 6.07 Å². The number of aliphatic hydroxyl groups is 1. The van der Waals surface area contributed by atoms with Crippen molar-refractivity contribution in [2.24, 2.45) is 5.92 Å². The molecule has 2 atom stereocenters. The topological polar surface area (TPSA) is 35.5 Å². The van der Waals surface area contributed by atoms with Crippen molar-refractivity contribution < 1.29 is 5.11 Å². The molecule has 0 aliphatic carbocycles. The maximum atomic E-state index is 9.33. The molecule has 0 aromatic heterocycles. The van der Waals surface area contributed by atoms with Gasteiger partial charge in [0.1, 0.15) is 0 Å². The molecule has 1 unspecified atom stereocenters. The first-order chi connectivity index (χ1) is 9.78. The molecule has 4 heteroatoms. The first kappa shape index (κ1) is 14.2. The van der Waals surface area contributed by atoms with Crippen molar-refractivity contribution in [1.29, 1.82) is 0 Å². The van der Waals surface area contributed by atoms with Crippen LogP contribution in [-0.2, 0) is 6.42 Å². The van der Waals surface area contributed by atoms with E-state index in [1.165, 1.54) is 24.1 Å². The summed E-state index contributed by atoms with van der Waals surface area (Å²) >= 11 is 6.46. The van der Waals surface area contributed by atoms with Gasteiger partial charge in [0, 0.05) is 31.7 Å². The van der Waals surface area contributed by atoms with Crippen LogP contribution in [0.15, 0.2) is 18.2 Å². The highest BCUT2D eigenvalue weighted by atomic mass is 35.5. The molecule has 2 N–H and O–H groups in total. The number of para-hydroxylation sites is 1. The molecule has 0 spiro atoms. The van der Waals surface area contributed by atoms with Crippen molar-refractivity contribution in [2.45, 2.75) is 31.7 Å². The Hall–Kier alpha value is -0.770. The zero-order chi connectivity index (χ0) is 13.9. The minimum absolute atomic E-state index is 0.278. The standard InChI is InChI=1S/C16H23ClN2O/c17-15-5-1-3-13(9-14-4-2-7-18-14)16(15)19-8-6-12(10-19)11-20/h1,3,5,12,14,18,20H,2,4,6-11H2/t12-,14?/m0/s1. The van der Waals surface area contributed by atoms with E-state index in [0.717, 1.165) is 37.5 Å². The van der Waals surface area contributed by atoms with Gasteiger partial charge < -0.3 is 15.3 Å². The lowest BCUT2D eigenvalue weighted by molar-refractivity contribution is 0.238. The second-order valence-corrected chi connectivity index (χ2v) is 6.44. The van der Waals surface area contributed by atoms with Crippen molar-refractivity contribution in [3.05, 3.63) is 28.8 Å². The molecule has 0 amide bonds. The Morgan fingerprint density at radius 2 is 2.25 bits per heavy atom. The van der Waals surface area contributed by atoms with E-state index in [9.17, 15) is 5.11 Å². The van der Waals surface area contributed by atoms with E-state index in [0.29, 0.717) is 12.0 Å². The Morgan fingerprint density at radius 1 is 1.35 bits per heavy atom. The number of nitrogens with one attached hydrogen (secondary N) is 1. The van der Waals surface area contributed by atoms with E-state index in [-0.39, 0.29) is 6.61 Å². The number of anilines is 1. The molecule has 0 saturated carbocycles. The van der Waals surface area contributed by atoms with Crippen LogP contribution in [0.5, 0.6) is 0 Å². The number of hydrogen-bond donors (Lipinski definition) is 2. The summed E-state index contributed by atoms with van der Waals surface area (Å²) in [5, 5.41) is 13.7. The van der Waals surface area contributed by atoms with Gasteiger partial charge in [0.25, 0.3) is 0 Å². The highest BCUT2D eigenvalue weighted by Gasteiger charge is 2.26. The first-order valence-electron chi connectivity index (χ1n) is 7.64. The second kappa shape index (κ2) is 6.33. The molecule has 20 heavy (non-hydrogen) atoms. The number of benzene rings is 1. The van der Waals surface area contributed by atoms with Gasteiger partial charge in [0.05, 0.1) is 10.7 Å². The summed E-state index contributed by atoms with van der Waals surface area (Å²) in [6.07, 6.45) is 4.64. The number of nitrogens with zero attached hydrogens (tertiary/aromatic N) is 1. The normalized spacial score (nSPS) is 26.4. The molecular weight excluding hydrogens is 272 g/mol. The van der Waals surface area contributed by atoms with Crippen molar-refractivity contribution in [2.75, 3.05) is 31.1 Å². The van der Waals surface area contributed by atoms with Crippen LogP contribution in [-0.4, -0.2) is 37.4 Å². The number of hydrogen-bond acceptors (Lipinski definition) is 3. The molecule has 1 aromatic carbocycles. The Kier molecular flexibility index (Phi) is 4.49. The minimum Gasteiger partial charge on any atom is -0.396 e. The summed E-state index contributed by atoms with van der Waals surface area (Å²) in [7, 11) is 0. The van der Waals surface area contributed by atoms with Crippen LogP contribution >= 0.6 is 11.6 Å². The number of aliphatic hydroxyl groups excluding tert-OH is 1. The van der Waals surface area contributed by atoms with Crippen molar-refractivity contribution in [3.8, 4) is 0 Å². The molecule has 2 aliphatic rings. The van der Waals surface area contributed by atoms with Crippen molar-refractivity contribution in [1.82, 2.24) is 5.32 Å². The predicted octanol–water partition coefficient (Wildman–Crippen LogP) is 2.45. The molecule has 2 heterocycles. The van der Waals surface area contributed by atoms with E-state index in [2.05, 4.69) is 22.3 Å². The molecule has 110 valence electrons. The fourth-order valence-electron chi connectivity index (χ4n) is 3.46. The Morgan fingerprint density at radius 3 is 2.95 bits per heavy atom. The molecule has 3 rings (SSSR count). The third-order valence-corrected chi connectivity index (χ3v) is 4.86. The summed E-state index contributed by atoms with van der Waals surface area (Å²) in [6, 6.07) is 6.82. The summed E-state index contributed by atoms with van der Waals surface area (Å²) in [5.41, 5.74) is 2.54. The average molecular weight is 295 g/mol. The average Bonchev–Trinajstić information content (AvgIpc) is 3.10. The van der Waals surface area contributed by atoms with Crippen molar-refractivity contribution in [3.63, 3.8) is 0 Å². The van der Waals surface area contributed by atoms with Gasteiger partial charge in [-0.3, -0.25) is 0 Å². The van der Waals surface area contributed by atoms with E-state index >= 15 is 0 Å². The van der Waals surface area contributed by atoms with Crippen LogP contribution in [0.4, 0.5) is 5.69 Å². The lowest BCUT2D eigenvalue weighted by Crippen LogP contribution is -2.27. The molecule has 0 radical (unpaired) electrons. The maximum Gasteiger partial charge on any atom is 0.0642 e. The molecule has 1 aromatic rings. The van der Waals surface area contributed by atoms with Crippen LogP contribution in [0.3, 0.4) is 0 Å². The third-order valence-electron chi connectivity index (χ3n) is 4.56. The summed E-state index contributed by atoms with van der Waals surface area (Å²) in [4.78, 5) is 2.35. The maximum absolute atomic E-state index is 9.33. The molecule has 2 aliphatic heterocycles. The largest absolute Gasteiger partial charge is 0.396 e. The monoisotopic (exact) mass is 294 g/mol. The van der Waals surface area contributed by atoms with Gasteiger partial charge >= 0.3 is 0 Å². The van der Waals surface area contributed by atoms with Crippen molar-refractivity contribution >= 4 is 17.3 Å². The van der Waals surface area contributed by atoms with Gasteiger partial charge in [-0.25, -0.2) is 0 Å². The van der Waals surface area contributed by atoms with Gasteiger partial charge in [-0.15, -0.1) is 0 Å². The molecule has 0 bridgehead atoms. The Balaban J connectivity index is 1.81. The van der Waals surface area contributed by atoms with Crippen LogP contribution in [0.2, 0.25) is 5.02 Å². The SMILES string of the molecule is OC[C@H]1CCN(c2c(Cl)cccc2CC2CCCN2)C1. The highest BCUT2D eigenvalue weighted by molar-refractivity contribution is 6.33. The van der Waals surface area contributed by atoms with Gasteiger partial charge in [0.15, 0.2) is 0 Å². The zero-order valence-corrected chi connectivity index (χ0v) is 12.6. The van der Waals surface area contributed by atoms with Gasteiger partial charge in [-0.1, -0.05) is 23.7 Å². The minimum atomic E-state index is 0.278. The van der Waals surface area contributed by atoms with Gasteiger partial charge in [0.2, 0.25) is 0 Å². The van der Waals surface area contributed by atoms with Crippen LogP contribution in [0.1, 0.15) is 24.8 Å². The lowest BCUT2D eigenvalue weighted by atomic mass is 10.0. The van der Waals surface area contributed by atoms with Gasteiger partial charge in [-0.05, 0) is 43.9 Å². The molecular formula is C16H23ClN2O. The second-order valence-electron chi connectivity index (χ2n) is 6.03. The molecule has 2 fully saturated rings. The smallest absolute Gasteiger partial charge is 0.0642 e. The third kappa shape index (κ3) is 2.95. The Labute approximate surface area is 125 Å².